The lowest BCUT2D eigenvalue weighted by Gasteiger charge is -2.09. The average Bonchev–Trinajstić information content (AvgIpc) is 2.93. The number of methoxy groups -OCH3 is 2. The van der Waals surface area contributed by atoms with Gasteiger partial charge in [-0.05, 0) is 12.1 Å². The number of thiazole rings is 1. The summed E-state index contributed by atoms with van der Waals surface area (Å²) in [6.45, 7) is 0. The van der Waals surface area contributed by atoms with E-state index < -0.39 is 0 Å². The molecular formula is C12H13N3O3S. The van der Waals surface area contributed by atoms with Gasteiger partial charge in [-0.1, -0.05) is 0 Å². The van der Waals surface area contributed by atoms with Crippen molar-refractivity contribution in [3.8, 4) is 17.2 Å². The number of hydrogen-bond acceptors (Lipinski definition) is 7. The van der Waals surface area contributed by atoms with E-state index in [1.54, 1.807) is 24.5 Å². The highest BCUT2D eigenvalue weighted by molar-refractivity contribution is 7.13. The van der Waals surface area contributed by atoms with Crippen LogP contribution in [-0.2, 0) is 0 Å². The molecule has 1 aromatic carbocycles. The molecule has 2 aromatic rings. The van der Waals surface area contributed by atoms with Crippen LogP contribution in [-0.4, -0.2) is 30.5 Å². The third-order valence-electron chi connectivity index (χ3n) is 2.31. The highest BCUT2D eigenvalue weighted by atomic mass is 32.1. The molecule has 0 saturated heterocycles. The predicted octanol–water partition coefficient (Wildman–Crippen LogP) is 2.31. The second-order valence-corrected chi connectivity index (χ2v) is 4.38. The van der Waals surface area contributed by atoms with Crippen molar-refractivity contribution >= 4 is 22.7 Å². The first kappa shape index (κ1) is 13.2. The van der Waals surface area contributed by atoms with Gasteiger partial charge in [0.25, 0.3) is 0 Å². The van der Waals surface area contributed by atoms with Crippen LogP contribution in [0.5, 0.6) is 17.2 Å². The number of aromatic hydroxyl groups is 1. The zero-order valence-electron chi connectivity index (χ0n) is 10.5. The molecule has 0 aliphatic heterocycles. The normalized spacial score (nSPS) is 10.6. The van der Waals surface area contributed by atoms with Crippen molar-refractivity contribution in [1.29, 1.82) is 0 Å². The van der Waals surface area contributed by atoms with Crippen LogP contribution in [0.15, 0.2) is 28.8 Å². The Labute approximate surface area is 114 Å². The molecule has 0 aliphatic rings. The lowest BCUT2D eigenvalue weighted by Crippen LogP contribution is -1.94. The Balaban J connectivity index is 2.17. The van der Waals surface area contributed by atoms with Crippen LogP contribution in [0.1, 0.15) is 5.56 Å². The number of nitrogens with zero attached hydrogens (tertiary/aromatic N) is 2. The summed E-state index contributed by atoms with van der Waals surface area (Å²) in [6, 6.07) is 3.32. The van der Waals surface area contributed by atoms with E-state index in [0.29, 0.717) is 16.6 Å². The maximum atomic E-state index is 9.77. The third kappa shape index (κ3) is 3.14. The molecule has 0 unspecified atom stereocenters. The summed E-state index contributed by atoms with van der Waals surface area (Å²) in [6.07, 6.45) is 3.28. The van der Waals surface area contributed by atoms with Gasteiger partial charge in [0.2, 0.25) is 10.9 Å². The first-order valence-corrected chi connectivity index (χ1v) is 6.26. The molecule has 0 atom stereocenters. The van der Waals surface area contributed by atoms with Gasteiger partial charge in [-0.3, -0.25) is 5.43 Å². The van der Waals surface area contributed by atoms with Gasteiger partial charge in [-0.25, -0.2) is 4.98 Å². The van der Waals surface area contributed by atoms with E-state index in [1.165, 1.54) is 25.6 Å². The van der Waals surface area contributed by atoms with Crippen molar-refractivity contribution in [2.75, 3.05) is 19.6 Å². The van der Waals surface area contributed by atoms with Gasteiger partial charge in [-0.2, -0.15) is 5.10 Å². The number of anilines is 1. The van der Waals surface area contributed by atoms with Gasteiger partial charge in [-0.15, -0.1) is 11.3 Å². The maximum Gasteiger partial charge on any atom is 0.203 e. The van der Waals surface area contributed by atoms with Crippen molar-refractivity contribution in [2.24, 2.45) is 5.10 Å². The molecule has 0 amide bonds. The first-order valence-electron chi connectivity index (χ1n) is 5.38. The molecule has 0 radical (unpaired) electrons. The van der Waals surface area contributed by atoms with Gasteiger partial charge in [0.15, 0.2) is 11.5 Å². The quantitative estimate of drug-likeness (QED) is 0.649. The largest absolute Gasteiger partial charge is 0.502 e. The Morgan fingerprint density at radius 3 is 2.53 bits per heavy atom. The Bertz CT molecular complexity index is 545. The molecule has 0 spiro atoms. The summed E-state index contributed by atoms with van der Waals surface area (Å²) in [5, 5.41) is 16.4. The van der Waals surface area contributed by atoms with E-state index >= 15 is 0 Å². The van der Waals surface area contributed by atoms with E-state index in [9.17, 15) is 5.11 Å². The van der Waals surface area contributed by atoms with Crippen molar-refractivity contribution in [3.05, 3.63) is 29.3 Å². The molecule has 0 fully saturated rings. The molecule has 7 heteroatoms. The zero-order chi connectivity index (χ0) is 13.7. The fourth-order valence-electron chi connectivity index (χ4n) is 1.43. The summed E-state index contributed by atoms with van der Waals surface area (Å²) in [5.41, 5.74) is 3.53. The van der Waals surface area contributed by atoms with Gasteiger partial charge >= 0.3 is 0 Å². The Morgan fingerprint density at radius 1 is 1.32 bits per heavy atom. The summed E-state index contributed by atoms with van der Waals surface area (Å²) >= 11 is 1.45. The summed E-state index contributed by atoms with van der Waals surface area (Å²) in [7, 11) is 2.95. The highest BCUT2D eigenvalue weighted by Gasteiger charge is 2.10. The molecule has 0 bridgehead atoms. The molecule has 19 heavy (non-hydrogen) atoms. The second kappa shape index (κ2) is 6.05. The van der Waals surface area contributed by atoms with E-state index in [4.69, 9.17) is 9.47 Å². The van der Waals surface area contributed by atoms with Crippen molar-refractivity contribution in [1.82, 2.24) is 4.98 Å². The monoisotopic (exact) mass is 279 g/mol. The van der Waals surface area contributed by atoms with Crippen LogP contribution in [0.3, 0.4) is 0 Å². The number of phenolic OH excluding ortho intramolecular Hbond substituents is 1. The molecule has 1 heterocycles. The van der Waals surface area contributed by atoms with Gasteiger partial charge in [0.1, 0.15) is 0 Å². The Morgan fingerprint density at radius 2 is 2.00 bits per heavy atom. The number of benzene rings is 1. The summed E-state index contributed by atoms with van der Waals surface area (Å²) in [5.74, 6) is 0.625. The molecule has 0 aliphatic carbocycles. The van der Waals surface area contributed by atoms with Gasteiger partial charge in [0, 0.05) is 17.1 Å². The van der Waals surface area contributed by atoms with Crippen LogP contribution in [0.2, 0.25) is 0 Å². The molecular weight excluding hydrogens is 266 g/mol. The van der Waals surface area contributed by atoms with E-state index in [2.05, 4.69) is 15.5 Å². The molecule has 0 saturated carbocycles. The van der Waals surface area contributed by atoms with E-state index in [0.717, 1.165) is 5.56 Å². The van der Waals surface area contributed by atoms with Crippen LogP contribution in [0.4, 0.5) is 5.13 Å². The minimum absolute atomic E-state index is 0.0324. The number of hydrazone groups is 1. The van der Waals surface area contributed by atoms with E-state index in [1.807, 2.05) is 5.38 Å². The maximum absolute atomic E-state index is 9.77. The van der Waals surface area contributed by atoms with Crippen molar-refractivity contribution in [2.45, 2.75) is 0 Å². The van der Waals surface area contributed by atoms with Crippen molar-refractivity contribution < 1.29 is 14.6 Å². The number of hydrogen-bond donors (Lipinski definition) is 2. The van der Waals surface area contributed by atoms with Crippen molar-refractivity contribution in [3.63, 3.8) is 0 Å². The molecule has 100 valence electrons. The molecule has 1 aromatic heterocycles. The average molecular weight is 279 g/mol. The smallest absolute Gasteiger partial charge is 0.203 e. The lowest BCUT2D eigenvalue weighted by molar-refractivity contribution is 0.340. The Kier molecular flexibility index (Phi) is 4.19. The fraction of sp³-hybridized carbons (Fsp3) is 0.167. The zero-order valence-corrected chi connectivity index (χ0v) is 11.3. The lowest BCUT2D eigenvalue weighted by atomic mass is 10.2. The first-order chi connectivity index (χ1) is 9.24. The standard InChI is InChI=1S/C12H13N3O3S/c1-17-9-5-8(6-10(18-2)11(9)16)7-14-15-12-13-3-4-19-12/h3-7,16H,1-2H3,(H,13,15)/b14-7+. The predicted molar refractivity (Wildman–Crippen MR) is 74.5 cm³/mol. The summed E-state index contributed by atoms with van der Waals surface area (Å²) < 4.78 is 10.1. The summed E-state index contributed by atoms with van der Waals surface area (Å²) in [4.78, 5) is 4.03. The fourth-order valence-corrected chi connectivity index (χ4v) is 1.91. The number of aromatic nitrogens is 1. The minimum atomic E-state index is -0.0324. The second-order valence-electron chi connectivity index (χ2n) is 3.48. The minimum Gasteiger partial charge on any atom is -0.502 e. The van der Waals surface area contributed by atoms with Crippen LogP contribution in [0, 0.1) is 0 Å². The topological polar surface area (TPSA) is 76.0 Å². The number of ether oxygens (including phenoxy) is 2. The number of phenols is 1. The van der Waals surface area contributed by atoms with Crippen LogP contribution < -0.4 is 14.9 Å². The molecule has 2 rings (SSSR count). The highest BCUT2D eigenvalue weighted by Crippen LogP contribution is 2.36. The number of rotatable bonds is 5. The van der Waals surface area contributed by atoms with Gasteiger partial charge in [0.05, 0.1) is 20.4 Å². The van der Waals surface area contributed by atoms with E-state index in [-0.39, 0.29) is 5.75 Å². The van der Waals surface area contributed by atoms with Crippen LogP contribution >= 0.6 is 11.3 Å². The number of nitrogens with one attached hydrogen (secondary N) is 1. The van der Waals surface area contributed by atoms with Crippen LogP contribution in [0.25, 0.3) is 0 Å². The Hall–Kier alpha value is -2.28. The molecule has 6 nitrogen and oxygen atoms in total. The SMILES string of the molecule is COc1cc(/C=N/Nc2nccs2)cc(OC)c1O. The van der Waals surface area contributed by atoms with Gasteiger partial charge < -0.3 is 14.6 Å². The molecule has 2 N–H and O–H groups in total. The third-order valence-corrected chi connectivity index (χ3v) is 2.99.